The molecular formula is C17H19NO2S2. The van der Waals surface area contributed by atoms with Gasteiger partial charge in [-0.05, 0) is 30.2 Å². The van der Waals surface area contributed by atoms with E-state index in [1.165, 1.54) is 11.8 Å². The minimum atomic E-state index is 0.00966. The lowest BCUT2D eigenvalue weighted by Crippen LogP contribution is -2.28. The Morgan fingerprint density at radius 3 is 2.73 bits per heavy atom. The number of nitrogens with zero attached hydrogens (tertiary/aromatic N) is 1. The van der Waals surface area contributed by atoms with Gasteiger partial charge in [0, 0.05) is 6.54 Å². The Morgan fingerprint density at radius 1 is 1.36 bits per heavy atom. The number of rotatable bonds is 7. The quantitative estimate of drug-likeness (QED) is 0.424. The van der Waals surface area contributed by atoms with E-state index >= 15 is 0 Å². The lowest BCUT2D eigenvalue weighted by Gasteiger charge is -2.13. The first kappa shape index (κ1) is 16.8. The fourth-order valence-electron chi connectivity index (χ4n) is 1.98. The van der Waals surface area contributed by atoms with Gasteiger partial charge in [0.2, 0.25) is 0 Å². The number of unbranched alkanes of at least 4 members (excludes halogenated alkanes) is 1. The molecule has 1 aliphatic rings. The normalized spacial score (nSPS) is 16.4. The SMILES string of the molecule is C=CCOc1ccc(C=C2SC(=S)N(CCCC)C2=O)cc1. The van der Waals surface area contributed by atoms with Crippen molar-refractivity contribution in [2.45, 2.75) is 19.8 Å². The van der Waals surface area contributed by atoms with E-state index in [0.29, 0.717) is 22.4 Å². The molecule has 1 heterocycles. The number of hydrogen-bond acceptors (Lipinski definition) is 4. The van der Waals surface area contributed by atoms with Crippen LogP contribution in [0.4, 0.5) is 0 Å². The number of carbonyl (C=O) groups is 1. The van der Waals surface area contributed by atoms with E-state index in [-0.39, 0.29) is 5.91 Å². The van der Waals surface area contributed by atoms with Crippen molar-refractivity contribution < 1.29 is 9.53 Å². The second kappa shape index (κ2) is 8.15. The Balaban J connectivity index is 2.07. The lowest BCUT2D eigenvalue weighted by atomic mass is 10.2. The molecule has 0 unspecified atom stereocenters. The number of thiocarbonyl (C=S) groups is 1. The number of ether oxygens (including phenoxy) is 1. The maximum Gasteiger partial charge on any atom is 0.266 e. The van der Waals surface area contributed by atoms with E-state index in [1.54, 1.807) is 11.0 Å². The zero-order valence-electron chi connectivity index (χ0n) is 12.6. The maximum absolute atomic E-state index is 12.3. The number of benzene rings is 1. The number of hydrogen-bond donors (Lipinski definition) is 0. The molecule has 5 heteroatoms. The minimum Gasteiger partial charge on any atom is -0.490 e. The van der Waals surface area contributed by atoms with Gasteiger partial charge in [0.05, 0.1) is 4.91 Å². The van der Waals surface area contributed by atoms with Crippen molar-refractivity contribution in [3.63, 3.8) is 0 Å². The maximum atomic E-state index is 12.3. The summed E-state index contributed by atoms with van der Waals surface area (Å²) in [6, 6.07) is 7.62. The molecule has 0 aromatic heterocycles. The molecule has 1 amide bonds. The molecule has 1 fully saturated rings. The molecule has 0 N–H and O–H groups in total. The van der Waals surface area contributed by atoms with Crippen LogP contribution < -0.4 is 4.74 Å². The summed E-state index contributed by atoms with van der Waals surface area (Å²) in [5, 5.41) is 0. The van der Waals surface area contributed by atoms with Gasteiger partial charge >= 0.3 is 0 Å². The average Bonchev–Trinajstić information content (AvgIpc) is 2.79. The topological polar surface area (TPSA) is 29.5 Å². The van der Waals surface area contributed by atoms with Crippen molar-refractivity contribution in [2.75, 3.05) is 13.2 Å². The first-order valence-corrected chi connectivity index (χ1v) is 8.47. The van der Waals surface area contributed by atoms with Gasteiger partial charge in [-0.3, -0.25) is 9.69 Å². The number of carbonyl (C=O) groups excluding carboxylic acids is 1. The van der Waals surface area contributed by atoms with Crippen LogP contribution in [0.2, 0.25) is 0 Å². The van der Waals surface area contributed by atoms with E-state index in [4.69, 9.17) is 17.0 Å². The Bertz CT molecular complexity index is 593. The van der Waals surface area contributed by atoms with Crippen molar-refractivity contribution in [2.24, 2.45) is 0 Å². The largest absolute Gasteiger partial charge is 0.490 e. The van der Waals surface area contributed by atoms with Crippen LogP contribution in [0.5, 0.6) is 5.75 Å². The third-order valence-electron chi connectivity index (χ3n) is 3.15. The van der Waals surface area contributed by atoms with Crippen LogP contribution in [-0.4, -0.2) is 28.3 Å². The monoisotopic (exact) mass is 333 g/mol. The fourth-order valence-corrected chi connectivity index (χ4v) is 3.28. The molecule has 1 aromatic rings. The van der Waals surface area contributed by atoms with Gasteiger partial charge < -0.3 is 4.74 Å². The first-order valence-electron chi connectivity index (χ1n) is 7.25. The molecule has 1 aromatic carbocycles. The summed E-state index contributed by atoms with van der Waals surface area (Å²) in [7, 11) is 0. The second-order valence-corrected chi connectivity index (χ2v) is 6.53. The van der Waals surface area contributed by atoms with Crippen LogP contribution in [0.1, 0.15) is 25.3 Å². The predicted octanol–water partition coefficient (Wildman–Crippen LogP) is 4.25. The molecule has 3 nitrogen and oxygen atoms in total. The van der Waals surface area contributed by atoms with Crippen molar-refractivity contribution in [3.05, 3.63) is 47.4 Å². The van der Waals surface area contributed by atoms with Crippen molar-refractivity contribution in [3.8, 4) is 5.75 Å². The first-order chi connectivity index (χ1) is 10.7. The third-order valence-corrected chi connectivity index (χ3v) is 4.53. The van der Waals surface area contributed by atoms with Gasteiger partial charge in [0.1, 0.15) is 16.7 Å². The molecule has 1 saturated heterocycles. The summed E-state index contributed by atoms with van der Waals surface area (Å²) >= 11 is 6.66. The molecule has 0 radical (unpaired) electrons. The lowest BCUT2D eigenvalue weighted by molar-refractivity contribution is -0.122. The molecule has 1 aliphatic heterocycles. The van der Waals surface area contributed by atoms with Gasteiger partial charge in [-0.1, -0.05) is 62.1 Å². The van der Waals surface area contributed by atoms with Crippen LogP contribution in [0.15, 0.2) is 41.8 Å². The molecule has 0 bridgehead atoms. The van der Waals surface area contributed by atoms with Gasteiger partial charge in [0.15, 0.2) is 0 Å². The van der Waals surface area contributed by atoms with Gasteiger partial charge in [-0.2, -0.15) is 0 Å². The van der Waals surface area contributed by atoms with Crippen LogP contribution in [0.25, 0.3) is 6.08 Å². The van der Waals surface area contributed by atoms with Crippen LogP contribution >= 0.6 is 24.0 Å². The summed E-state index contributed by atoms with van der Waals surface area (Å²) < 4.78 is 6.09. The van der Waals surface area contributed by atoms with E-state index in [1.807, 2.05) is 30.3 Å². The zero-order chi connectivity index (χ0) is 15.9. The summed E-state index contributed by atoms with van der Waals surface area (Å²) in [5.41, 5.74) is 0.960. The highest BCUT2D eigenvalue weighted by atomic mass is 32.2. The average molecular weight is 333 g/mol. The highest BCUT2D eigenvalue weighted by molar-refractivity contribution is 8.26. The van der Waals surface area contributed by atoms with Crippen LogP contribution in [-0.2, 0) is 4.79 Å². The van der Waals surface area contributed by atoms with Crippen molar-refractivity contribution in [1.29, 1.82) is 0 Å². The summed E-state index contributed by atoms with van der Waals surface area (Å²) in [4.78, 5) is 14.7. The third kappa shape index (κ3) is 4.21. The predicted molar refractivity (Wildman–Crippen MR) is 96.9 cm³/mol. The minimum absolute atomic E-state index is 0.00966. The van der Waals surface area contributed by atoms with Crippen molar-refractivity contribution in [1.82, 2.24) is 4.90 Å². The number of thioether (sulfide) groups is 1. The van der Waals surface area contributed by atoms with Crippen molar-refractivity contribution >= 4 is 40.3 Å². The Kier molecular flexibility index (Phi) is 6.21. The van der Waals surface area contributed by atoms with Gasteiger partial charge in [-0.15, -0.1) is 0 Å². The van der Waals surface area contributed by atoms with E-state index < -0.39 is 0 Å². The highest BCUT2D eigenvalue weighted by Crippen LogP contribution is 2.32. The summed E-state index contributed by atoms with van der Waals surface area (Å²) in [5.74, 6) is 0.794. The zero-order valence-corrected chi connectivity index (χ0v) is 14.2. The van der Waals surface area contributed by atoms with Crippen LogP contribution in [0.3, 0.4) is 0 Å². The Hall–Kier alpha value is -1.59. The summed E-state index contributed by atoms with van der Waals surface area (Å²) in [6.45, 7) is 6.90. The standard InChI is InChI=1S/C17H19NO2S2/c1-3-5-10-18-16(19)15(22-17(18)21)12-13-6-8-14(9-7-13)20-11-4-2/h4,6-9,12H,2-3,5,10-11H2,1H3. The number of amides is 1. The smallest absolute Gasteiger partial charge is 0.266 e. The second-order valence-electron chi connectivity index (χ2n) is 4.86. The summed E-state index contributed by atoms with van der Waals surface area (Å²) in [6.07, 6.45) is 5.59. The molecular weight excluding hydrogens is 314 g/mol. The molecule has 22 heavy (non-hydrogen) atoms. The molecule has 0 spiro atoms. The Morgan fingerprint density at radius 2 is 2.09 bits per heavy atom. The molecule has 116 valence electrons. The van der Waals surface area contributed by atoms with E-state index in [2.05, 4.69) is 13.5 Å². The van der Waals surface area contributed by atoms with Gasteiger partial charge in [0.25, 0.3) is 5.91 Å². The molecule has 0 saturated carbocycles. The molecule has 2 rings (SSSR count). The van der Waals surface area contributed by atoms with Crippen LogP contribution in [0, 0.1) is 0 Å². The Labute approximate surface area is 141 Å². The van der Waals surface area contributed by atoms with E-state index in [0.717, 1.165) is 24.2 Å². The highest BCUT2D eigenvalue weighted by Gasteiger charge is 2.31. The fraction of sp³-hybridized carbons (Fsp3) is 0.294. The van der Waals surface area contributed by atoms with E-state index in [9.17, 15) is 4.79 Å². The molecule has 0 aliphatic carbocycles. The molecule has 0 atom stereocenters. The van der Waals surface area contributed by atoms with Gasteiger partial charge in [-0.25, -0.2) is 0 Å².